The molecule has 4 rings (SSSR count). The Balaban J connectivity index is 1.62. The Labute approximate surface area is 161 Å². The Morgan fingerprint density at radius 2 is 2.04 bits per heavy atom. The number of carbonyl (C=O) groups excluding carboxylic acids is 3. The number of nitrogens with one attached hydrogen (secondary N) is 1. The van der Waals surface area contributed by atoms with Crippen LogP contribution >= 0.6 is 0 Å². The molecule has 0 unspecified atom stereocenters. The Morgan fingerprint density at radius 1 is 1.29 bits per heavy atom. The van der Waals surface area contributed by atoms with Crippen LogP contribution in [-0.4, -0.2) is 64.0 Å². The fraction of sp³-hybridized carbons (Fsp3) is 0.368. The van der Waals surface area contributed by atoms with Gasteiger partial charge in [-0.2, -0.15) is 5.10 Å². The first-order valence-electron chi connectivity index (χ1n) is 9.03. The molecule has 0 spiro atoms. The first-order chi connectivity index (χ1) is 13.5. The fourth-order valence-electron chi connectivity index (χ4n) is 4.23. The van der Waals surface area contributed by atoms with Crippen LogP contribution in [0.4, 0.5) is 5.82 Å². The van der Waals surface area contributed by atoms with Gasteiger partial charge < -0.3 is 20.3 Å². The summed E-state index contributed by atoms with van der Waals surface area (Å²) in [6, 6.07) is 10.2. The van der Waals surface area contributed by atoms with Gasteiger partial charge in [0.05, 0.1) is 25.1 Å². The van der Waals surface area contributed by atoms with E-state index in [9.17, 15) is 14.4 Å². The third kappa shape index (κ3) is 2.98. The summed E-state index contributed by atoms with van der Waals surface area (Å²) in [6.07, 6.45) is 0.437. The van der Waals surface area contributed by atoms with Crippen LogP contribution < -0.4 is 5.73 Å². The predicted octanol–water partition coefficient (Wildman–Crippen LogP) is 0.579. The number of amides is 2. The quantitative estimate of drug-likeness (QED) is 0.748. The van der Waals surface area contributed by atoms with Crippen LogP contribution in [-0.2, 0) is 14.3 Å². The monoisotopic (exact) mass is 383 g/mol. The molecule has 0 bridgehead atoms. The van der Waals surface area contributed by atoms with Gasteiger partial charge in [-0.05, 0) is 12.0 Å². The van der Waals surface area contributed by atoms with E-state index in [1.165, 1.54) is 18.1 Å². The van der Waals surface area contributed by atoms with E-state index in [-0.39, 0.29) is 41.9 Å². The van der Waals surface area contributed by atoms with Gasteiger partial charge in [-0.25, -0.2) is 0 Å². The molecule has 2 aromatic rings. The second kappa shape index (κ2) is 6.99. The lowest BCUT2D eigenvalue weighted by Crippen LogP contribution is -2.56. The summed E-state index contributed by atoms with van der Waals surface area (Å²) in [6.45, 7) is 0.270. The molecule has 9 nitrogen and oxygen atoms in total. The average molecular weight is 383 g/mol. The number of nitrogen functional groups attached to an aromatic ring is 1. The first-order valence-corrected chi connectivity index (χ1v) is 9.03. The molecule has 2 saturated heterocycles. The lowest BCUT2D eigenvalue weighted by atomic mass is 9.93. The summed E-state index contributed by atoms with van der Waals surface area (Å²) < 4.78 is 4.99. The zero-order valence-electron chi connectivity index (χ0n) is 15.4. The minimum Gasteiger partial charge on any atom is -0.469 e. The number of esters is 1. The number of piperazine rings is 1. The first kappa shape index (κ1) is 18.0. The van der Waals surface area contributed by atoms with Crippen molar-refractivity contribution in [2.45, 2.75) is 18.5 Å². The number of rotatable bonds is 3. The van der Waals surface area contributed by atoms with Crippen molar-refractivity contribution in [3.05, 3.63) is 47.7 Å². The molecule has 0 radical (unpaired) electrons. The normalized spacial score (nSPS) is 24.2. The van der Waals surface area contributed by atoms with Crippen molar-refractivity contribution in [1.29, 1.82) is 0 Å². The van der Waals surface area contributed by atoms with Gasteiger partial charge in [-0.3, -0.25) is 19.5 Å². The highest BCUT2D eigenvalue weighted by Gasteiger charge is 2.51. The van der Waals surface area contributed by atoms with E-state index in [0.717, 1.165) is 5.56 Å². The molecule has 0 aliphatic carbocycles. The highest BCUT2D eigenvalue weighted by Crippen LogP contribution is 2.43. The third-order valence-corrected chi connectivity index (χ3v) is 5.41. The van der Waals surface area contributed by atoms with E-state index in [0.29, 0.717) is 13.0 Å². The number of methoxy groups -OCH3 is 1. The van der Waals surface area contributed by atoms with Crippen molar-refractivity contribution in [3.63, 3.8) is 0 Å². The summed E-state index contributed by atoms with van der Waals surface area (Å²) in [5, 5.41) is 6.35. The molecule has 2 aliphatic rings. The van der Waals surface area contributed by atoms with E-state index in [1.54, 1.807) is 4.90 Å². The molecule has 3 heterocycles. The van der Waals surface area contributed by atoms with Crippen molar-refractivity contribution in [2.75, 3.05) is 25.9 Å². The van der Waals surface area contributed by atoms with Gasteiger partial charge in [0.15, 0.2) is 0 Å². The van der Waals surface area contributed by atoms with Gasteiger partial charge in [0.1, 0.15) is 18.1 Å². The van der Waals surface area contributed by atoms with Gasteiger partial charge in [0.25, 0.3) is 5.91 Å². The molecule has 2 amide bonds. The lowest BCUT2D eigenvalue weighted by Gasteiger charge is -2.39. The number of aromatic amines is 1. The number of hydrogen-bond donors (Lipinski definition) is 2. The fourth-order valence-corrected chi connectivity index (χ4v) is 4.23. The summed E-state index contributed by atoms with van der Waals surface area (Å²) >= 11 is 0. The zero-order chi connectivity index (χ0) is 19.8. The molecule has 3 atom stereocenters. The van der Waals surface area contributed by atoms with E-state index in [4.69, 9.17) is 10.5 Å². The van der Waals surface area contributed by atoms with Crippen LogP contribution in [0.2, 0.25) is 0 Å². The van der Waals surface area contributed by atoms with Crippen molar-refractivity contribution in [3.8, 4) is 0 Å². The summed E-state index contributed by atoms with van der Waals surface area (Å²) in [5.41, 5.74) is 6.69. The van der Waals surface area contributed by atoms with Crippen LogP contribution in [0.25, 0.3) is 0 Å². The molecule has 28 heavy (non-hydrogen) atoms. The molecule has 1 aromatic heterocycles. The van der Waals surface area contributed by atoms with Gasteiger partial charge in [0.2, 0.25) is 5.91 Å². The summed E-state index contributed by atoms with van der Waals surface area (Å²) in [7, 11) is 1.35. The lowest BCUT2D eigenvalue weighted by molar-refractivity contribution is -0.147. The topological polar surface area (TPSA) is 122 Å². The number of nitrogens with zero attached hydrogens (tertiary/aromatic N) is 3. The molecule has 2 aliphatic heterocycles. The van der Waals surface area contributed by atoms with Crippen LogP contribution in [0.3, 0.4) is 0 Å². The number of nitrogens with two attached hydrogens (primary N) is 1. The molecular formula is C19H21N5O4. The molecule has 0 saturated carbocycles. The maximum absolute atomic E-state index is 13.0. The standard InChI is InChI=1S/C19H21N5O4/c1-28-19(27)13-7-12-9-23(18(26)14-8-15(20)22-21-14)10-16(25)24(12)17(13)11-5-3-2-4-6-11/h2-6,8,12-13,17H,7,9-10H2,1H3,(H3,20,21,22)/t12-,13-,17-/m0/s1. The van der Waals surface area contributed by atoms with Crippen molar-refractivity contribution in [2.24, 2.45) is 5.92 Å². The van der Waals surface area contributed by atoms with Crippen LogP contribution in [0.15, 0.2) is 36.4 Å². The second-order valence-corrected chi connectivity index (χ2v) is 7.07. The second-order valence-electron chi connectivity index (χ2n) is 7.07. The van der Waals surface area contributed by atoms with E-state index in [2.05, 4.69) is 10.2 Å². The molecule has 3 N–H and O–H groups in total. The largest absolute Gasteiger partial charge is 0.469 e. The maximum atomic E-state index is 13.0. The zero-order valence-corrected chi connectivity index (χ0v) is 15.4. The van der Waals surface area contributed by atoms with E-state index < -0.39 is 12.0 Å². The van der Waals surface area contributed by atoms with Crippen LogP contribution in [0.1, 0.15) is 28.5 Å². The van der Waals surface area contributed by atoms with Crippen LogP contribution in [0.5, 0.6) is 0 Å². The van der Waals surface area contributed by atoms with Crippen LogP contribution in [0, 0.1) is 5.92 Å². The number of ether oxygens (including phenoxy) is 1. The number of anilines is 1. The molecule has 2 fully saturated rings. The molecule has 146 valence electrons. The highest BCUT2D eigenvalue weighted by atomic mass is 16.5. The number of hydrogen-bond acceptors (Lipinski definition) is 6. The van der Waals surface area contributed by atoms with Gasteiger partial charge >= 0.3 is 5.97 Å². The van der Waals surface area contributed by atoms with Crippen molar-refractivity contribution in [1.82, 2.24) is 20.0 Å². The number of benzene rings is 1. The Bertz CT molecular complexity index is 912. The number of H-pyrrole nitrogens is 1. The smallest absolute Gasteiger partial charge is 0.311 e. The third-order valence-electron chi connectivity index (χ3n) is 5.41. The van der Waals surface area contributed by atoms with Gasteiger partial charge in [-0.1, -0.05) is 30.3 Å². The van der Waals surface area contributed by atoms with E-state index in [1.807, 2.05) is 30.3 Å². The van der Waals surface area contributed by atoms with Crippen molar-refractivity contribution >= 4 is 23.6 Å². The van der Waals surface area contributed by atoms with E-state index >= 15 is 0 Å². The van der Waals surface area contributed by atoms with Gasteiger partial charge in [0, 0.05) is 12.6 Å². The molecule has 1 aromatic carbocycles. The summed E-state index contributed by atoms with van der Waals surface area (Å²) in [4.78, 5) is 41.3. The predicted molar refractivity (Wildman–Crippen MR) is 98.8 cm³/mol. The Hall–Kier alpha value is -3.36. The number of fused-ring (bicyclic) bond motifs is 1. The summed E-state index contributed by atoms with van der Waals surface area (Å²) in [5.74, 6) is -1.15. The minimum absolute atomic E-state index is 0.0640. The highest BCUT2D eigenvalue weighted by molar-refractivity contribution is 5.96. The molecule has 9 heteroatoms. The number of aromatic nitrogens is 2. The van der Waals surface area contributed by atoms with Crippen molar-refractivity contribution < 1.29 is 19.1 Å². The molecular weight excluding hydrogens is 362 g/mol. The Morgan fingerprint density at radius 3 is 2.68 bits per heavy atom. The maximum Gasteiger partial charge on any atom is 0.311 e. The average Bonchev–Trinajstić information content (AvgIpc) is 3.31. The SMILES string of the molecule is COC(=O)[C@H]1C[C@H]2CN(C(=O)c3cc(N)n[nH]3)CC(=O)N2[C@H]1c1ccccc1. The minimum atomic E-state index is -0.473. The van der Waals surface area contributed by atoms with Gasteiger partial charge in [-0.15, -0.1) is 0 Å². The number of carbonyl (C=O) groups is 3. The Kier molecular flexibility index (Phi) is 4.50.